The summed E-state index contributed by atoms with van der Waals surface area (Å²) in [7, 11) is 0. The second-order valence-corrected chi connectivity index (χ2v) is 6.18. The van der Waals surface area contributed by atoms with E-state index in [-0.39, 0.29) is 0 Å². The molecule has 1 aliphatic carbocycles. The molecule has 1 atom stereocenters. The summed E-state index contributed by atoms with van der Waals surface area (Å²) >= 11 is 0. The van der Waals surface area contributed by atoms with Crippen LogP contribution < -0.4 is 5.32 Å². The lowest BCUT2D eigenvalue weighted by Gasteiger charge is -2.21. The minimum absolute atomic E-state index is 0.316. The average molecular weight is 279 g/mol. The molecule has 1 nitrogen and oxygen atoms in total. The molecule has 0 aliphatic heterocycles. The van der Waals surface area contributed by atoms with Crippen molar-refractivity contribution in [3.05, 3.63) is 70.3 Å². The van der Waals surface area contributed by atoms with Gasteiger partial charge in [-0.15, -0.1) is 0 Å². The van der Waals surface area contributed by atoms with E-state index in [1.54, 1.807) is 11.1 Å². The molecule has 2 aromatic rings. The molecule has 0 radical (unpaired) electrons. The molecule has 1 aliphatic rings. The van der Waals surface area contributed by atoms with Crippen molar-refractivity contribution in [1.29, 1.82) is 0 Å². The molecule has 0 saturated heterocycles. The van der Waals surface area contributed by atoms with Crippen LogP contribution in [0, 0.1) is 6.92 Å². The largest absolute Gasteiger partial charge is 0.306 e. The molecule has 0 spiro atoms. The predicted octanol–water partition coefficient (Wildman–Crippen LogP) is 4.57. The minimum Gasteiger partial charge on any atom is -0.306 e. The van der Waals surface area contributed by atoms with Crippen molar-refractivity contribution in [2.75, 3.05) is 6.54 Å². The first-order chi connectivity index (χ1) is 10.3. The molecule has 0 amide bonds. The van der Waals surface area contributed by atoms with Gasteiger partial charge in [0.2, 0.25) is 0 Å². The Labute approximate surface area is 128 Å². The molecule has 2 aromatic carbocycles. The van der Waals surface area contributed by atoms with Gasteiger partial charge in [0, 0.05) is 0 Å². The van der Waals surface area contributed by atoms with Crippen LogP contribution in [0.4, 0.5) is 0 Å². The monoisotopic (exact) mass is 279 g/mol. The predicted molar refractivity (Wildman–Crippen MR) is 89.8 cm³/mol. The summed E-state index contributed by atoms with van der Waals surface area (Å²) in [6, 6.07) is 16.3. The molecule has 3 rings (SSSR count). The van der Waals surface area contributed by atoms with Gasteiger partial charge in [-0.2, -0.15) is 0 Å². The first kappa shape index (κ1) is 14.3. The van der Waals surface area contributed by atoms with Crippen LogP contribution in [0.25, 0.3) is 0 Å². The molecule has 1 N–H and O–H groups in total. The Morgan fingerprint density at radius 1 is 0.952 bits per heavy atom. The van der Waals surface area contributed by atoms with Crippen molar-refractivity contribution in [3.8, 4) is 0 Å². The highest BCUT2D eigenvalue weighted by atomic mass is 14.9. The molecule has 1 unspecified atom stereocenters. The molecule has 0 fully saturated rings. The fraction of sp³-hybridized carbons (Fsp3) is 0.400. The third-order valence-corrected chi connectivity index (χ3v) is 4.47. The number of fused-ring (bicyclic) bond motifs is 1. The lowest BCUT2D eigenvalue weighted by atomic mass is 9.95. The van der Waals surface area contributed by atoms with Gasteiger partial charge in [0.25, 0.3) is 0 Å². The van der Waals surface area contributed by atoms with Gasteiger partial charge in [-0.25, -0.2) is 0 Å². The van der Waals surface area contributed by atoms with Gasteiger partial charge in [0.05, 0.1) is 6.04 Å². The number of rotatable bonds is 5. The van der Waals surface area contributed by atoms with Crippen molar-refractivity contribution >= 4 is 0 Å². The number of hydrogen-bond acceptors (Lipinski definition) is 1. The molecular weight excluding hydrogens is 254 g/mol. The van der Waals surface area contributed by atoms with E-state index in [2.05, 4.69) is 61.6 Å². The maximum absolute atomic E-state index is 3.71. The van der Waals surface area contributed by atoms with Gasteiger partial charge < -0.3 is 5.32 Å². The minimum atomic E-state index is 0.316. The quantitative estimate of drug-likeness (QED) is 0.845. The van der Waals surface area contributed by atoms with Crippen LogP contribution in [0.1, 0.15) is 53.6 Å². The Bertz CT molecular complexity index is 598. The van der Waals surface area contributed by atoms with E-state index in [1.807, 2.05) is 0 Å². The van der Waals surface area contributed by atoms with Crippen molar-refractivity contribution < 1.29 is 0 Å². The van der Waals surface area contributed by atoms with E-state index in [1.165, 1.54) is 36.0 Å². The molecule has 1 heteroatoms. The highest BCUT2D eigenvalue weighted by Gasteiger charge is 2.17. The maximum Gasteiger partial charge on any atom is 0.0576 e. The van der Waals surface area contributed by atoms with E-state index in [0.717, 1.165) is 13.0 Å². The van der Waals surface area contributed by atoms with Gasteiger partial charge in [-0.3, -0.25) is 0 Å². The molecule has 21 heavy (non-hydrogen) atoms. The topological polar surface area (TPSA) is 12.0 Å². The lowest BCUT2D eigenvalue weighted by Crippen LogP contribution is -2.23. The van der Waals surface area contributed by atoms with E-state index in [9.17, 15) is 0 Å². The summed E-state index contributed by atoms with van der Waals surface area (Å²) < 4.78 is 0. The Morgan fingerprint density at radius 2 is 1.67 bits per heavy atom. The Kier molecular flexibility index (Phi) is 4.40. The average Bonchev–Trinajstić information content (AvgIpc) is 2.97. The van der Waals surface area contributed by atoms with Crippen molar-refractivity contribution in [3.63, 3.8) is 0 Å². The summed E-state index contributed by atoms with van der Waals surface area (Å²) in [5.74, 6) is 0. The summed E-state index contributed by atoms with van der Waals surface area (Å²) in [5.41, 5.74) is 7.21. The summed E-state index contributed by atoms with van der Waals surface area (Å²) in [5, 5.41) is 3.71. The van der Waals surface area contributed by atoms with Crippen molar-refractivity contribution in [2.45, 2.75) is 45.6 Å². The van der Waals surface area contributed by atoms with Gasteiger partial charge in [-0.1, -0.05) is 55.0 Å². The zero-order chi connectivity index (χ0) is 14.7. The third kappa shape index (κ3) is 3.19. The van der Waals surface area contributed by atoms with Crippen LogP contribution in [0.15, 0.2) is 42.5 Å². The van der Waals surface area contributed by atoms with Crippen LogP contribution in [-0.4, -0.2) is 6.54 Å². The molecule has 0 saturated carbocycles. The van der Waals surface area contributed by atoms with Crippen LogP contribution >= 0.6 is 0 Å². The van der Waals surface area contributed by atoms with Gasteiger partial charge in [-0.05, 0) is 61.4 Å². The zero-order valence-corrected chi connectivity index (χ0v) is 13.2. The number of benzene rings is 2. The van der Waals surface area contributed by atoms with Gasteiger partial charge in [0.1, 0.15) is 0 Å². The fourth-order valence-electron chi connectivity index (χ4n) is 3.25. The SMILES string of the molecule is CCCNC(c1ccc(C)cc1)c1ccc2c(c1)CCC2. The molecule has 0 bridgehead atoms. The number of nitrogens with one attached hydrogen (secondary N) is 1. The second-order valence-electron chi connectivity index (χ2n) is 6.18. The Morgan fingerprint density at radius 3 is 2.43 bits per heavy atom. The summed E-state index contributed by atoms with van der Waals surface area (Å²) in [4.78, 5) is 0. The standard InChI is InChI=1S/C20H25N/c1-3-13-21-20(17-9-7-15(2)8-10-17)19-12-11-16-5-4-6-18(16)14-19/h7-12,14,20-21H,3-6,13H2,1-2H3. The number of hydrogen-bond donors (Lipinski definition) is 1. The van der Waals surface area contributed by atoms with Crippen molar-refractivity contribution in [2.24, 2.45) is 0 Å². The Hall–Kier alpha value is -1.60. The van der Waals surface area contributed by atoms with Crippen LogP contribution in [-0.2, 0) is 12.8 Å². The third-order valence-electron chi connectivity index (χ3n) is 4.47. The Balaban J connectivity index is 1.93. The highest BCUT2D eigenvalue weighted by molar-refractivity contribution is 5.40. The van der Waals surface area contributed by atoms with Crippen LogP contribution in [0.5, 0.6) is 0 Å². The van der Waals surface area contributed by atoms with Crippen molar-refractivity contribution in [1.82, 2.24) is 5.32 Å². The molecule has 0 heterocycles. The normalized spacial score (nSPS) is 15.0. The van der Waals surface area contributed by atoms with E-state index >= 15 is 0 Å². The highest BCUT2D eigenvalue weighted by Crippen LogP contribution is 2.28. The maximum atomic E-state index is 3.71. The van der Waals surface area contributed by atoms with E-state index < -0.39 is 0 Å². The first-order valence-electron chi connectivity index (χ1n) is 8.19. The smallest absolute Gasteiger partial charge is 0.0576 e. The van der Waals surface area contributed by atoms with Gasteiger partial charge in [0.15, 0.2) is 0 Å². The lowest BCUT2D eigenvalue weighted by molar-refractivity contribution is 0.598. The summed E-state index contributed by atoms with van der Waals surface area (Å²) in [6.45, 7) is 5.42. The van der Waals surface area contributed by atoms with Gasteiger partial charge >= 0.3 is 0 Å². The number of aryl methyl sites for hydroxylation is 3. The first-order valence-corrected chi connectivity index (χ1v) is 8.19. The zero-order valence-electron chi connectivity index (χ0n) is 13.2. The fourth-order valence-corrected chi connectivity index (χ4v) is 3.25. The second kappa shape index (κ2) is 6.44. The van der Waals surface area contributed by atoms with E-state index in [0.29, 0.717) is 6.04 Å². The van der Waals surface area contributed by atoms with E-state index in [4.69, 9.17) is 0 Å². The summed E-state index contributed by atoms with van der Waals surface area (Å²) in [6.07, 6.45) is 4.98. The van der Waals surface area contributed by atoms with Crippen LogP contribution in [0.2, 0.25) is 0 Å². The molecule has 110 valence electrons. The molecule has 0 aromatic heterocycles. The van der Waals surface area contributed by atoms with Crippen LogP contribution in [0.3, 0.4) is 0 Å². The molecular formula is C20H25N.